The van der Waals surface area contributed by atoms with Gasteiger partial charge in [0.15, 0.2) is 11.6 Å². The molecule has 0 fully saturated rings. The Morgan fingerprint density at radius 1 is 1.12 bits per heavy atom. The average Bonchev–Trinajstić information content (AvgIpc) is 2.55. The predicted octanol–water partition coefficient (Wildman–Crippen LogP) is 3.36. The lowest BCUT2D eigenvalue weighted by molar-refractivity contribution is -0.116. The molecule has 2 N–H and O–H groups in total. The van der Waals surface area contributed by atoms with E-state index in [4.69, 9.17) is 0 Å². The van der Waals surface area contributed by atoms with Crippen LogP contribution < -0.4 is 5.32 Å². The van der Waals surface area contributed by atoms with Gasteiger partial charge >= 0.3 is 0 Å². The quantitative estimate of drug-likeness (QED) is 0.823. The average molecular weight is 335 g/mol. The van der Waals surface area contributed by atoms with Crippen molar-refractivity contribution >= 4 is 11.5 Å². The van der Waals surface area contributed by atoms with Gasteiger partial charge in [0.2, 0.25) is 5.91 Å². The highest BCUT2D eigenvalue weighted by atomic mass is 19.2. The summed E-state index contributed by atoms with van der Waals surface area (Å²) < 4.78 is 38.8. The summed E-state index contributed by atoms with van der Waals surface area (Å²) in [4.78, 5) is 11.8. The van der Waals surface area contributed by atoms with E-state index < -0.39 is 23.6 Å². The van der Waals surface area contributed by atoms with E-state index in [1.165, 1.54) is 24.3 Å². The van der Waals surface area contributed by atoms with E-state index in [1.54, 1.807) is 19.1 Å². The zero-order chi connectivity index (χ0) is 17.7. The van der Waals surface area contributed by atoms with E-state index in [1.807, 2.05) is 0 Å². The standard InChI is InChI=1S/C18H16F3NO2/c1-11(12-2-5-14(19)6-3-12)8-18(24)22-10-17(23)13-4-7-15(20)16(21)9-13/h2-9,17,23H,10H2,1H3,(H,22,24)/b11-8+. The number of carbonyl (C=O) groups excluding carboxylic acids is 1. The fraction of sp³-hybridized carbons (Fsp3) is 0.167. The summed E-state index contributed by atoms with van der Waals surface area (Å²) in [6.45, 7) is 1.54. The first-order chi connectivity index (χ1) is 11.4. The Hall–Kier alpha value is -2.60. The topological polar surface area (TPSA) is 49.3 Å². The van der Waals surface area contributed by atoms with Crippen LogP contribution in [-0.4, -0.2) is 17.6 Å². The van der Waals surface area contributed by atoms with Crippen LogP contribution in [0.3, 0.4) is 0 Å². The first-order valence-corrected chi connectivity index (χ1v) is 7.22. The highest BCUT2D eigenvalue weighted by molar-refractivity contribution is 5.94. The summed E-state index contributed by atoms with van der Waals surface area (Å²) in [5.74, 6) is -2.90. The Morgan fingerprint density at radius 2 is 1.79 bits per heavy atom. The summed E-state index contributed by atoms with van der Waals surface area (Å²) in [6.07, 6.45) is 0.147. The molecule has 0 saturated carbocycles. The summed E-state index contributed by atoms with van der Waals surface area (Å²) in [6, 6.07) is 8.71. The highest BCUT2D eigenvalue weighted by Crippen LogP contribution is 2.16. The number of aliphatic hydroxyl groups is 1. The van der Waals surface area contributed by atoms with Gasteiger partial charge in [-0.05, 0) is 47.9 Å². The minimum atomic E-state index is -1.16. The highest BCUT2D eigenvalue weighted by Gasteiger charge is 2.12. The van der Waals surface area contributed by atoms with E-state index in [-0.39, 0.29) is 17.9 Å². The number of rotatable bonds is 5. The maximum atomic E-state index is 13.1. The van der Waals surface area contributed by atoms with Crippen molar-refractivity contribution in [2.75, 3.05) is 6.54 Å². The molecule has 0 spiro atoms. The minimum Gasteiger partial charge on any atom is -0.387 e. The number of benzene rings is 2. The smallest absolute Gasteiger partial charge is 0.244 e. The van der Waals surface area contributed by atoms with Crippen LogP contribution in [0.25, 0.3) is 5.57 Å². The molecule has 0 radical (unpaired) electrons. The maximum Gasteiger partial charge on any atom is 0.244 e. The van der Waals surface area contributed by atoms with Crippen LogP contribution in [0.2, 0.25) is 0 Å². The number of hydrogen-bond donors (Lipinski definition) is 2. The van der Waals surface area contributed by atoms with Crippen LogP contribution >= 0.6 is 0 Å². The first kappa shape index (κ1) is 17.7. The molecule has 1 amide bonds. The maximum absolute atomic E-state index is 13.1. The lowest BCUT2D eigenvalue weighted by Crippen LogP contribution is -2.27. The van der Waals surface area contributed by atoms with Crippen LogP contribution in [0.15, 0.2) is 48.5 Å². The zero-order valence-electron chi connectivity index (χ0n) is 12.9. The van der Waals surface area contributed by atoms with Gasteiger partial charge in [-0.1, -0.05) is 18.2 Å². The van der Waals surface area contributed by atoms with E-state index in [9.17, 15) is 23.1 Å². The third kappa shape index (κ3) is 4.70. The summed E-state index contributed by atoms with van der Waals surface area (Å²) >= 11 is 0. The third-order valence-corrected chi connectivity index (χ3v) is 3.45. The Kier molecular flexibility index (Phi) is 5.76. The third-order valence-electron chi connectivity index (χ3n) is 3.45. The lowest BCUT2D eigenvalue weighted by Gasteiger charge is -2.12. The second kappa shape index (κ2) is 7.79. The molecule has 0 aliphatic carbocycles. The van der Waals surface area contributed by atoms with E-state index in [0.29, 0.717) is 11.1 Å². The molecule has 3 nitrogen and oxygen atoms in total. The SMILES string of the molecule is C/C(=C\C(=O)NCC(O)c1ccc(F)c(F)c1)c1ccc(F)cc1. The molecular formula is C18H16F3NO2. The van der Waals surface area contributed by atoms with Crippen molar-refractivity contribution in [2.45, 2.75) is 13.0 Å². The van der Waals surface area contributed by atoms with Crippen LogP contribution in [-0.2, 0) is 4.79 Å². The number of halogens is 3. The Balaban J connectivity index is 1.95. The number of aliphatic hydroxyl groups excluding tert-OH is 1. The second-order valence-electron chi connectivity index (χ2n) is 5.27. The lowest BCUT2D eigenvalue weighted by atomic mass is 10.1. The fourth-order valence-electron chi connectivity index (χ4n) is 2.08. The van der Waals surface area contributed by atoms with Gasteiger partial charge in [-0.25, -0.2) is 13.2 Å². The molecule has 24 heavy (non-hydrogen) atoms. The van der Waals surface area contributed by atoms with Crippen molar-refractivity contribution in [3.63, 3.8) is 0 Å². The van der Waals surface area contributed by atoms with Crippen LogP contribution in [0.5, 0.6) is 0 Å². The van der Waals surface area contributed by atoms with Gasteiger partial charge in [0, 0.05) is 12.6 Å². The number of hydrogen-bond acceptors (Lipinski definition) is 2. The molecule has 2 aromatic rings. The van der Waals surface area contributed by atoms with Crippen LogP contribution in [0.4, 0.5) is 13.2 Å². The van der Waals surface area contributed by atoms with Crippen molar-refractivity contribution in [1.29, 1.82) is 0 Å². The number of carbonyl (C=O) groups is 1. The fourth-order valence-corrected chi connectivity index (χ4v) is 2.08. The number of nitrogens with one attached hydrogen (secondary N) is 1. The number of amides is 1. The molecule has 0 aliphatic rings. The Morgan fingerprint density at radius 3 is 2.42 bits per heavy atom. The number of allylic oxidation sites excluding steroid dienone is 1. The minimum absolute atomic E-state index is 0.156. The molecule has 0 aliphatic heterocycles. The van der Waals surface area contributed by atoms with Crippen molar-refractivity contribution < 1.29 is 23.1 Å². The van der Waals surface area contributed by atoms with Gasteiger partial charge in [-0.2, -0.15) is 0 Å². The molecule has 126 valence electrons. The van der Waals surface area contributed by atoms with Gasteiger partial charge < -0.3 is 10.4 Å². The molecular weight excluding hydrogens is 319 g/mol. The van der Waals surface area contributed by atoms with Crippen LogP contribution in [0.1, 0.15) is 24.2 Å². The second-order valence-corrected chi connectivity index (χ2v) is 5.27. The van der Waals surface area contributed by atoms with Gasteiger partial charge in [0.1, 0.15) is 5.82 Å². The molecule has 1 atom stereocenters. The van der Waals surface area contributed by atoms with Gasteiger partial charge in [0.25, 0.3) is 0 Å². The van der Waals surface area contributed by atoms with E-state index in [0.717, 1.165) is 12.1 Å². The van der Waals surface area contributed by atoms with Crippen molar-refractivity contribution in [1.82, 2.24) is 5.32 Å². The molecule has 6 heteroatoms. The molecule has 0 saturated heterocycles. The molecule has 2 aromatic carbocycles. The summed E-state index contributed by atoms with van der Waals surface area (Å²) in [5.41, 5.74) is 1.47. The Labute approximate surface area is 137 Å². The zero-order valence-corrected chi connectivity index (χ0v) is 12.9. The molecule has 0 heterocycles. The van der Waals surface area contributed by atoms with Gasteiger partial charge in [-0.15, -0.1) is 0 Å². The summed E-state index contributed by atoms with van der Waals surface area (Å²) in [7, 11) is 0. The van der Waals surface area contributed by atoms with Crippen molar-refractivity contribution in [3.8, 4) is 0 Å². The van der Waals surface area contributed by atoms with E-state index >= 15 is 0 Å². The van der Waals surface area contributed by atoms with Crippen molar-refractivity contribution in [2.24, 2.45) is 0 Å². The molecule has 0 aromatic heterocycles. The van der Waals surface area contributed by atoms with Crippen LogP contribution in [0, 0.1) is 17.5 Å². The molecule has 1 unspecified atom stereocenters. The van der Waals surface area contributed by atoms with E-state index in [2.05, 4.69) is 5.32 Å². The van der Waals surface area contributed by atoms with Gasteiger partial charge in [-0.3, -0.25) is 4.79 Å². The summed E-state index contributed by atoms with van der Waals surface area (Å²) in [5, 5.41) is 12.4. The largest absolute Gasteiger partial charge is 0.387 e. The molecule has 2 rings (SSSR count). The first-order valence-electron chi connectivity index (χ1n) is 7.22. The van der Waals surface area contributed by atoms with Crippen molar-refractivity contribution in [3.05, 3.63) is 77.1 Å². The van der Waals surface area contributed by atoms with Gasteiger partial charge in [0.05, 0.1) is 6.10 Å². The monoisotopic (exact) mass is 335 g/mol. The normalized spacial score (nSPS) is 12.8. The predicted molar refractivity (Wildman–Crippen MR) is 84.4 cm³/mol. The Bertz CT molecular complexity index is 757. The molecule has 0 bridgehead atoms.